The summed E-state index contributed by atoms with van der Waals surface area (Å²) in [5.41, 5.74) is 0.208. The number of rotatable bonds is 5. The number of nitrogens with one attached hydrogen (secondary N) is 1. The van der Waals surface area contributed by atoms with Gasteiger partial charge in [-0.1, -0.05) is 0 Å². The molecule has 0 aliphatic rings. The maximum Gasteiger partial charge on any atom is 0.251 e. The highest BCUT2D eigenvalue weighted by molar-refractivity contribution is 5.94. The van der Waals surface area contributed by atoms with Crippen LogP contribution in [0.2, 0.25) is 0 Å². The zero-order valence-electron chi connectivity index (χ0n) is 9.68. The standard InChI is InChI=1S/C12H17NO4/c1-8(14)3-2-4-13-12(17)9-5-10(15)7-11(16)6-9/h5-8,14-16H,2-4H2,1H3,(H,13,17). The van der Waals surface area contributed by atoms with Crippen LogP contribution in [0, 0.1) is 0 Å². The molecule has 0 saturated heterocycles. The lowest BCUT2D eigenvalue weighted by Crippen LogP contribution is -2.24. The van der Waals surface area contributed by atoms with Crippen LogP contribution in [0.5, 0.6) is 11.5 Å². The molecule has 1 aromatic carbocycles. The highest BCUT2D eigenvalue weighted by Crippen LogP contribution is 2.20. The lowest BCUT2D eigenvalue weighted by Gasteiger charge is -2.07. The number of aliphatic hydroxyl groups excluding tert-OH is 1. The minimum absolute atomic E-state index is 0.154. The molecule has 94 valence electrons. The molecule has 4 N–H and O–H groups in total. The molecule has 1 aromatic rings. The predicted molar refractivity (Wildman–Crippen MR) is 63.0 cm³/mol. The van der Waals surface area contributed by atoms with Crippen LogP contribution in [0.4, 0.5) is 0 Å². The third-order valence-electron chi connectivity index (χ3n) is 2.25. The second kappa shape index (κ2) is 6.10. The van der Waals surface area contributed by atoms with Gasteiger partial charge < -0.3 is 20.6 Å². The summed E-state index contributed by atoms with van der Waals surface area (Å²) < 4.78 is 0. The Morgan fingerprint density at radius 3 is 2.41 bits per heavy atom. The molecule has 0 aliphatic heterocycles. The van der Waals surface area contributed by atoms with Crippen molar-refractivity contribution >= 4 is 5.91 Å². The van der Waals surface area contributed by atoms with Gasteiger partial charge in [0.15, 0.2) is 0 Å². The Morgan fingerprint density at radius 1 is 1.29 bits per heavy atom. The minimum atomic E-state index is -0.378. The molecule has 1 amide bonds. The van der Waals surface area contributed by atoms with Crippen molar-refractivity contribution in [1.29, 1.82) is 0 Å². The molecule has 0 radical (unpaired) electrons. The maximum absolute atomic E-state index is 11.6. The zero-order valence-corrected chi connectivity index (χ0v) is 9.68. The van der Waals surface area contributed by atoms with Crippen molar-refractivity contribution in [3.8, 4) is 11.5 Å². The average molecular weight is 239 g/mol. The average Bonchev–Trinajstić information content (AvgIpc) is 2.22. The second-order valence-electron chi connectivity index (χ2n) is 3.99. The summed E-state index contributed by atoms with van der Waals surface area (Å²) in [6, 6.07) is 3.72. The number of carbonyl (C=O) groups excluding carboxylic acids is 1. The molecule has 1 atom stereocenters. The van der Waals surface area contributed by atoms with Crippen LogP contribution in [0.25, 0.3) is 0 Å². The Kier molecular flexibility index (Phi) is 4.78. The molecule has 0 saturated carbocycles. The van der Waals surface area contributed by atoms with E-state index in [4.69, 9.17) is 5.11 Å². The van der Waals surface area contributed by atoms with Crippen molar-refractivity contribution in [3.05, 3.63) is 23.8 Å². The van der Waals surface area contributed by atoms with Crippen molar-refractivity contribution in [3.63, 3.8) is 0 Å². The number of phenols is 2. The molecule has 1 unspecified atom stereocenters. The molecule has 0 aliphatic carbocycles. The monoisotopic (exact) mass is 239 g/mol. The number of aromatic hydroxyl groups is 2. The van der Waals surface area contributed by atoms with Crippen molar-refractivity contribution < 1.29 is 20.1 Å². The Bertz CT molecular complexity index is 370. The number of aliphatic hydroxyl groups is 1. The number of phenolic OH excluding ortho intramolecular Hbond substituents is 2. The summed E-state index contributed by atoms with van der Waals surface area (Å²) in [7, 11) is 0. The zero-order chi connectivity index (χ0) is 12.8. The number of carbonyl (C=O) groups is 1. The molecule has 0 heterocycles. The number of hydrogen-bond acceptors (Lipinski definition) is 4. The Hall–Kier alpha value is -1.75. The van der Waals surface area contributed by atoms with Crippen molar-refractivity contribution in [1.82, 2.24) is 5.32 Å². The summed E-state index contributed by atoms with van der Waals surface area (Å²) in [5, 5.41) is 30.1. The first-order chi connectivity index (χ1) is 7.99. The van der Waals surface area contributed by atoms with Crippen molar-refractivity contribution in [2.24, 2.45) is 0 Å². The van der Waals surface area contributed by atoms with E-state index in [1.54, 1.807) is 6.92 Å². The van der Waals surface area contributed by atoms with Gasteiger partial charge in [-0.3, -0.25) is 4.79 Å². The molecular weight excluding hydrogens is 222 g/mol. The third kappa shape index (κ3) is 4.74. The number of benzene rings is 1. The normalized spacial score (nSPS) is 12.1. The fraction of sp³-hybridized carbons (Fsp3) is 0.417. The molecule has 5 nitrogen and oxygen atoms in total. The minimum Gasteiger partial charge on any atom is -0.508 e. The molecular formula is C12H17NO4. The first kappa shape index (κ1) is 13.3. The summed E-state index contributed by atoms with van der Waals surface area (Å²) in [6.07, 6.45) is 0.913. The van der Waals surface area contributed by atoms with Crippen molar-refractivity contribution in [2.45, 2.75) is 25.9 Å². The quantitative estimate of drug-likeness (QED) is 0.577. The largest absolute Gasteiger partial charge is 0.508 e. The first-order valence-electron chi connectivity index (χ1n) is 5.48. The summed E-state index contributed by atoms with van der Waals surface area (Å²) in [4.78, 5) is 11.6. The van der Waals surface area contributed by atoms with E-state index in [-0.39, 0.29) is 29.1 Å². The van der Waals surface area contributed by atoms with Crippen LogP contribution in [0.1, 0.15) is 30.1 Å². The van der Waals surface area contributed by atoms with Gasteiger partial charge in [-0.2, -0.15) is 0 Å². The Morgan fingerprint density at radius 2 is 1.88 bits per heavy atom. The molecule has 0 bridgehead atoms. The summed E-state index contributed by atoms with van der Waals surface area (Å²) in [5.74, 6) is -0.667. The predicted octanol–water partition coefficient (Wildman–Crippen LogP) is 0.989. The first-order valence-corrected chi connectivity index (χ1v) is 5.48. The van der Waals surface area contributed by atoms with E-state index < -0.39 is 0 Å². The van der Waals surface area contributed by atoms with Crippen LogP contribution in [-0.4, -0.2) is 33.9 Å². The molecule has 0 aromatic heterocycles. The summed E-state index contributed by atoms with van der Waals surface area (Å²) >= 11 is 0. The van der Waals surface area contributed by atoms with Gasteiger partial charge in [0.1, 0.15) is 11.5 Å². The van der Waals surface area contributed by atoms with E-state index >= 15 is 0 Å². The molecule has 0 spiro atoms. The van der Waals surface area contributed by atoms with Gasteiger partial charge in [-0.25, -0.2) is 0 Å². The fourth-order valence-corrected chi connectivity index (χ4v) is 1.43. The van der Waals surface area contributed by atoms with Gasteiger partial charge in [0.2, 0.25) is 0 Å². The smallest absolute Gasteiger partial charge is 0.251 e. The lowest BCUT2D eigenvalue weighted by molar-refractivity contribution is 0.0949. The Balaban J connectivity index is 2.47. The third-order valence-corrected chi connectivity index (χ3v) is 2.25. The van der Waals surface area contributed by atoms with Crippen LogP contribution in [0.15, 0.2) is 18.2 Å². The van der Waals surface area contributed by atoms with E-state index in [0.717, 1.165) is 6.07 Å². The Labute approximate surface area is 99.7 Å². The van der Waals surface area contributed by atoms with Gasteiger partial charge in [0.05, 0.1) is 6.10 Å². The topological polar surface area (TPSA) is 89.8 Å². The van der Waals surface area contributed by atoms with Crippen LogP contribution in [-0.2, 0) is 0 Å². The van der Waals surface area contributed by atoms with Gasteiger partial charge in [-0.15, -0.1) is 0 Å². The fourth-order valence-electron chi connectivity index (χ4n) is 1.43. The van der Waals surface area contributed by atoms with E-state index in [0.29, 0.717) is 19.4 Å². The molecule has 0 fully saturated rings. The van der Waals surface area contributed by atoms with Crippen LogP contribution in [0.3, 0.4) is 0 Å². The van der Waals surface area contributed by atoms with Gasteiger partial charge in [0.25, 0.3) is 5.91 Å². The van der Waals surface area contributed by atoms with E-state index in [2.05, 4.69) is 5.32 Å². The molecule has 1 rings (SSSR count). The summed E-state index contributed by atoms with van der Waals surface area (Å²) in [6.45, 7) is 2.13. The van der Waals surface area contributed by atoms with E-state index in [1.807, 2.05) is 0 Å². The van der Waals surface area contributed by atoms with Crippen LogP contribution < -0.4 is 5.32 Å². The van der Waals surface area contributed by atoms with E-state index in [9.17, 15) is 15.0 Å². The highest BCUT2D eigenvalue weighted by Gasteiger charge is 2.07. The van der Waals surface area contributed by atoms with Gasteiger partial charge in [0, 0.05) is 18.2 Å². The van der Waals surface area contributed by atoms with Crippen LogP contribution >= 0.6 is 0 Å². The van der Waals surface area contributed by atoms with Gasteiger partial charge >= 0.3 is 0 Å². The molecule has 5 heteroatoms. The lowest BCUT2D eigenvalue weighted by atomic mass is 10.1. The number of hydrogen-bond donors (Lipinski definition) is 4. The van der Waals surface area contributed by atoms with Crippen molar-refractivity contribution in [2.75, 3.05) is 6.54 Å². The highest BCUT2D eigenvalue weighted by atomic mass is 16.3. The second-order valence-corrected chi connectivity index (χ2v) is 3.99. The van der Waals surface area contributed by atoms with Gasteiger partial charge in [-0.05, 0) is 31.9 Å². The number of amides is 1. The maximum atomic E-state index is 11.6. The van der Waals surface area contributed by atoms with E-state index in [1.165, 1.54) is 12.1 Å². The molecule has 17 heavy (non-hydrogen) atoms. The SMILES string of the molecule is CC(O)CCCNC(=O)c1cc(O)cc(O)c1.